The minimum atomic E-state index is -0.125. The first-order valence-corrected chi connectivity index (χ1v) is 11.0. The number of phenolic OH excluding ortho intramolecular Hbond substituents is 1. The Kier molecular flexibility index (Phi) is 7.15. The van der Waals surface area contributed by atoms with Crippen molar-refractivity contribution in [1.29, 1.82) is 0 Å². The van der Waals surface area contributed by atoms with Gasteiger partial charge < -0.3 is 9.84 Å². The summed E-state index contributed by atoms with van der Waals surface area (Å²) >= 11 is 10.1. The van der Waals surface area contributed by atoms with Gasteiger partial charge in [0.2, 0.25) is 0 Å². The van der Waals surface area contributed by atoms with Crippen LogP contribution in [0.1, 0.15) is 24.5 Å². The zero-order chi connectivity index (χ0) is 20.1. The third kappa shape index (κ3) is 4.96. The van der Waals surface area contributed by atoms with E-state index in [4.69, 9.17) is 17.0 Å². The largest absolute Gasteiger partial charge is 0.504 e. The molecule has 0 unspecified atom stereocenters. The van der Waals surface area contributed by atoms with Gasteiger partial charge in [-0.25, -0.2) is 0 Å². The molecular formula is C21H20BrNO3S2. The second-order valence-electron chi connectivity index (χ2n) is 6.20. The summed E-state index contributed by atoms with van der Waals surface area (Å²) in [5.41, 5.74) is 1.76. The van der Waals surface area contributed by atoms with Gasteiger partial charge in [0.15, 0.2) is 11.5 Å². The molecule has 0 radical (unpaired) electrons. The van der Waals surface area contributed by atoms with Crippen molar-refractivity contribution < 1.29 is 14.6 Å². The number of hydrogen-bond donors (Lipinski definition) is 1. The number of benzene rings is 2. The highest BCUT2D eigenvalue weighted by molar-refractivity contribution is 9.10. The number of amides is 1. The number of nitrogens with zero attached hydrogens (tertiary/aromatic N) is 1. The van der Waals surface area contributed by atoms with E-state index in [0.29, 0.717) is 33.7 Å². The van der Waals surface area contributed by atoms with Crippen molar-refractivity contribution in [1.82, 2.24) is 4.90 Å². The van der Waals surface area contributed by atoms with Crippen molar-refractivity contribution in [3.05, 3.63) is 63.0 Å². The molecule has 2 aromatic rings. The Bertz CT molecular complexity index is 915. The molecule has 0 bridgehead atoms. The van der Waals surface area contributed by atoms with E-state index in [1.54, 1.807) is 23.1 Å². The van der Waals surface area contributed by atoms with Crippen molar-refractivity contribution in [3.63, 3.8) is 0 Å². The lowest BCUT2D eigenvalue weighted by atomic mass is 10.1. The monoisotopic (exact) mass is 477 g/mol. The van der Waals surface area contributed by atoms with Crippen molar-refractivity contribution in [2.75, 3.05) is 13.2 Å². The molecule has 0 aromatic heterocycles. The van der Waals surface area contributed by atoms with Crippen LogP contribution in [-0.4, -0.2) is 33.4 Å². The van der Waals surface area contributed by atoms with Crippen LogP contribution in [0.5, 0.6) is 11.5 Å². The van der Waals surface area contributed by atoms with Crippen LogP contribution in [-0.2, 0) is 11.2 Å². The van der Waals surface area contributed by atoms with Gasteiger partial charge in [-0.3, -0.25) is 9.69 Å². The van der Waals surface area contributed by atoms with Gasteiger partial charge in [0.05, 0.1) is 11.5 Å². The number of thioether (sulfide) groups is 1. The molecule has 0 atom stereocenters. The standard InChI is InChI=1S/C21H20BrNO3S2/c1-2-26-17-13-16(22)11-15(19(17)24)12-18-20(25)23(21(27)28-18)10-6-9-14-7-4-3-5-8-14/h3-5,7-8,11-13,24H,2,6,9-10H2,1H3/b18-12-. The van der Waals surface area contributed by atoms with Gasteiger partial charge in [-0.05, 0) is 43.5 Å². The maximum Gasteiger partial charge on any atom is 0.266 e. The number of phenols is 1. The lowest BCUT2D eigenvalue weighted by Crippen LogP contribution is -2.29. The second kappa shape index (κ2) is 9.58. The average Bonchev–Trinajstić information content (AvgIpc) is 2.94. The molecule has 146 valence electrons. The van der Waals surface area contributed by atoms with Gasteiger partial charge in [-0.15, -0.1) is 0 Å². The molecule has 0 aliphatic carbocycles. The number of carbonyl (C=O) groups excluding carboxylic acids is 1. The third-order valence-electron chi connectivity index (χ3n) is 4.22. The third-order valence-corrected chi connectivity index (χ3v) is 6.05. The molecule has 4 nitrogen and oxygen atoms in total. The van der Waals surface area contributed by atoms with Crippen molar-refractivity contribution in [2.24, 2.45) is 0 Å². The smallest absolute Gasteiger partial charge is 0.266 e. The molecule has 0 spiro atoms. The summed E-state index contributed by atoms with van der Waals surface area (Å²) in [4.78, 5) is 14.9. The predicted molar refractivity (Wildman–Crippen MR) is 122 cm³/mol. The number of halogens is 1. The summed E-state index contributed by atoms with van der Waals surface area (Å²) < 4.78 is 6.76. The van der Waals surface area contributed by atoms with Crippen LogP contribution in [0, 0.1) is 0 Å². The Morgan fingerprint density at radius 3 is 2.75 bits per heavy atom. The minimum Gasteiger partial charge on any atom is -0.504 e. The SMILES string of the molecule is CCOc1cc(Br)cc(/C=C2\SC(=S)N(CCCc3ccccc3)C2=O)c1O. The van der Waals surface area contributed by atoms with Crippen LogP contribution in [0.4, 0.5) is 0 Å². The first kappa shape index (κ1) is 20.9. The van der Waals surface area contributed by atoms with E-state index in [0.717, 1.165) is 17.3 Å². The second-order valence-corrected chi connectivity index (χ2v) is 8.79. The molecule has 1 amide bonds. The molecule has 0 saturated carbocycles. The molecule has 1 fully saturated rings. The van der Waals surface area contributed by atoms with Crippen LogP contribution in [0.3, 0.4) is 0 Å². The number of thiocarbonyl (C=S) groups is 1. The molecule has 1 aliphatic rings. The molecule has 1 heterocycles. The Labute approximate surface area is 182 Å². The van der Waals surface area contributed by atoms with E-state index < -0.39 is 0 Å². The van der Waals surface area contributed by atoms with Crippen LogP contribution >= 0.6 is 39.9 Å². The van der Waals surface area contributed by atoms with Crippen LogP contribution in [0.2, 0.25) is 0 Å². The van der Waals surface area contributed by atoms with Gasteiger partial charge in [0, 0.05) is 16.6 Å². The summed E-state index contributed by atoms with van der Waals surface area (Å²) in [6, 6.07) is 13.6. The average molecular weight is 478 g/mol. The predicted octanol–water partition coefficient (Wildman–Crippen LogP) is 5.39. The number of aryl methyl sites for hydroxylation is 1. The van der Waals surface area contributed by atoms with E-state index >= 15 is 0 Å². The summed E-state index contributed by atoms with van der Waals surface area (Å²) in [7, 11) is 0. The van der Waals surface area contributed by atoms with Crippen molar-refractivity contribution in [3.8, 4) is 11.5 Å². The number of hydrogen-bond acceptors (Lipinski definition) is 5. The maximum absolute atomic E-state index is 12.8. The van der Waals surface area contributed by atoms with Crippen LogP contribution in [0.25, 0.3) is 6.08 Å². The summed E-state index contributed by atoms with van der Waals surface area (Å²) in [5.74, 6) is 0.265. The summed E-state index contributed by atoms with van der Waals surface area (Å²) in [6.45, 7) is 2.86. The fourth-order valence-electron chi connectivity index (χ4n) is 2.89. The zero-order valence-corrected chi connectivity index (χ0v) is 18.6. The normalized spacial score (nSPS) is 15.5. The Hall–Kier alpha value is -1.83. The van der Waals surface area contributed by atoms with Crippen molar-refractivity contribution in [2.45, 2.75) is 19.8 Å². The van der Waals surface area contributed by atoms with E-state index in [1.165, 1.54) is 17.3 Å². The molecule has 1 saturated heterocycles. The highest BCUT2D eigenvalue weighted by Gasteiger charge is 2.31. The Morgan fingerprint density at radius 1 is 1.29 bits per heavy atom. The van der Waals surface area contributed by atoms with Crippen molar-refractivity contribution >= 4 is 56.2 Å². The zero-order valence-electron chi connectivity index (χ0n) is 15.4. The number of aromatic hydroxyl groups is 1. The molecule has 3 rings (SSSR count). The van der Waals surface area contributed by atoms with E-state index in [-0.39, 0.29) is 11.7 Å². The minimum absolute atomic E-state index is 0.0133. The molecule has 28 heavy (non-hydrogen) atoms. The lowest BCUT2D eigenvalue weighted by Gasteiger charge is -2.14. The van der Waals surface area contributed by atoms with Gasteiger partial charge in [-0.1, -0.05) is 70.2 Å². The lowest BCUT2D eigenvalue weighted by molar-refractivity contribution is -0.122. The Morgan fingerprint density at radius 2 is 2.04 bits per heavy atom. The van der Waals surface area contributed by atoms with Crippen LogP contribution in [0.15, 0.2) is 51.8 Å². The molecule has 1 aliphatic heterocycles. The fourth-order valence-corrected chi connectivity index (χ4v) is 4.64. The quantitative estimate of drug-likeness (QED) is 0.427. The maximum atomic E-state index is 12.8. The molecule has 1 N–H and O–H groups in total. The highest BCUT2D eigenvalue weighted by atomic mass is 79.9. The van der Waals surface area contributed by atoms with E-state index in [1.807, 2.05) is 25.1 Å². The molecular weight excluding hydrogens is 458 g/mol. The van der Waals surface area contributed by atoms with Gasteiger partial charge in [-0.2, -0.15) is 0 Å². The van der Waals surface area contributed by atoms with Gasteiger partial charge in [0.25, 0.3) is 5.91 Å². The van der Waals surface area contributed by atoms with Crippen LogP contribution < -0.4 is 4.74 Å². The molecule has 7 heteroatoms. The Balaban J connectivity index is 1.72. The summed E-state index contributed by atoms with van der Waals surface area (Å²) in [6.07, 6.45) is 3.39. The summed E-state index contributed by atoms with van der Waals surface area (Å²) in [5, 5.41) is 10.4. The van der Waals surface area contributed by atoms with Gasteiger partial charge >= 0.3 is 0 Å². The highest BCUT2D eigenvalue weighted by Crippen LogP contribution is 2.38. The number of rotatable bonds is 7. The topological polar surface area (TPSA) is 49.8 Å². The number of carbonyl (C=O) groups is 1. The van der Waals surface area contributed by atoms with E-state index in [9.17, 15) is 9.90 Å². The first-order valence-electron chi connectivity index (χ1n) is 8.94. The fraction of sp³-hybridized carbons (Fsp3) is 0.238. The van der Waals surface area contributed by atoms with Gasteiger partial charge in [0.1, 0.15) is 4.32 Å². The first-order chi connectivity index (χ1) is 13.5. The number of ether oxygens (including phenoxy) is 1. The molecule has 2 aromatic carbocycles. The van der Waals surface area contributed by atoms with E-state index in [2.05, 4.69) is 28.1 Å².